The van der Waals surface area contributed by atoms with E-state index in [9.17, 15) is 0 Å². The van der Waals surface area contributed by atoms with Gasteiger partial charge in [0.05, 0.1) is 17.1 Å². The van der Waals surface area contributed by atoms with Gasteiger partial charge in [0.15, 0.2) is 0 Å². The third-order valence-electron chi connectivity index (χ3n) is 7.27. The quantitative estimate of drug-likeness (QED) is 0.319. The molecule has 0 bridgehead atoms. The van der Waals surface area contributed by atoms with E-state index in [0.717, 1.165) is 34.2 Å². The van der Waals surface area contributed by atoms with E-state index in [2.05, 4.69) is 126 Å². The average molecular weight is 456 g/mol. The maximum Gasteiger partial charge on any atom is 0.121 e. The zero-order valence-electron chi connectivity index (χ0n) is 19.5. The molecule has 5 nitrogen and oxygen atoms in total. The molecule has 1 N–H and O–H groups in total. The minimum Gasteiger partial charge on any atom is -0.362 e. The molecule has 1 aromatic heterocycles. The number of hydrogen-bond donors (Lipinski definition) is 1. The third kappa shape index (κ3) is 3.16. The van der Waals surface area contributed by atoms with Crippen LogP contribution in [0.1, 0.15) is 13.3 Å². The lowest BCUT2D eigenvalue weighted by Crippen LogP contribution is -2.45. The molecule has 1 aliphatic carbocycles. The van der Waals surface area contributed by atoms with Gasteiger partial charge in [0, 0.05) is 16.5 Å². The molecule has 7 rings (SSSR count). The second-order valence-corrected chi connectivity index (χ2v) is 9.59. The molecular weight excluding hydrogens is 430 g/mol. The summed E-state index contributed by atoms with van der Waals surface area (Å²) in [7, 11) is 0. The van der Waals surface area contributed by atoms with Crippen molar-refractivity contribution in [2.24, 2.45) is 5.41 Å². The SMILES string of the molecule is CC1(C2Nc3ccccc3N2c2ccccc2)C=CC(n2nc3ccc4ccccc4c3n2)=CC1. The highest BCUT2D eigenvalue weighted by Gasteiger charge is 2.42. The minimum atomic E-state index is -0.127. The maximum atomic E-state index is 4.86. The summed E-state index contributed by atoms with van der Waals surface area (Å²) in [5.41, 5.74) is 6.29. The molecule has 0 spiro atoms. The molecule has 2 heterocycles. The van der Waals surface area contributed by atoms with Gasteiger partial charge in [-0.3, -0.25) is 0 Å². The molecular formula is C30H25N5. The molecule has 170 valence electrons. The van der Waals surface area contributed by atoms with Gasteiger partial charge in [-0.2, -0.15) is 4.80 Å². The Morgan fingerprint density at radius 1 is 0.857 bits per heavy atom. The highest BCUT2D eigenvalue weighted by Crippen LogP contribution is 2.48. The molecule has 0 fully saturated rings. The van der Waals surface area contributed by atoms with Gasteiger partial charge >= 0.3 is 0 Å². The Kier molecular flexibility index (Phi) is 4.33. The number of rotatable bonds is 3. The monoisotopic (exact) mass is 455 g/mol. The van der Waals surface area contributed by atoms with E-state index in [0.29, 0.717) is 0 Å². The van der Waals surface area contributed by atoms with Gasteiger partial charge in [0.2, 0.25) is 0 Å². The van der Waals surface area contributed by atoms with Gasteiger partial charge in [-0.1, -0.05) is 79.7 Å². The van der Waals surface area contributed by atoms with Crippen molar-refractivity contribution in [3.63, 3.8) is 0 Å². The number of hydrogen-bond acceptors (Lipinski definition) is 4. The van der Waals surface area contributed by atoms with Gasteiger partial charge in [0.1, 0.15) is 17.2 Å². The Hall–Kier alpha value is -4.38. The normalized spacial score (nSPS) is 21.2. The van der Waals surface area contributed by atoms with Crippen LogP contribution >= 0.6 is 0 Å². The summed E-state index contributed by atoms with van der Waals surface area (Å²) in [6, 6.07) is 31.7. The molecule has 0 radical (unpaired) electrons. The number of allylic oxidation sites excluding steroid dienone is 3. The summed E-state index contributed by atoms with van der Waals surface area (Å²) >= 11 is 0. The number of aromatic nitrogens is 3. The molecule has 35 heavy (non-hydrogen) atoms. The summed E-state index contributed by atoms with van der Waals surface area (Å²) in [5, 5.41) is 15.8. The summed E-state index contributed by atoms with van der Waals surface area (Å²) < 4.78 is 0. The zero-order valence-corrected chi connectivity index (χ0v) is 19.5. The molecule has 5 heteroatoms. The van der Waals surface area contributed by atoms with Crippen molar-refractivity contribution in [3.8, 4) is 0 Å². The van der Waals surface area contributed by atoms with Gasteiger partial charge in [-0.25, -0.2) is 0 Å². The van der Waals surface area contributed by atoms with Crippen LogP contribution in [0.2, 0.25) is 0 Å². The number of nitrogens with zero attached hydrogens (tertiary/aromatic N) is 4. The Balaban J connectivity index is 1.24. The van der Waals surface area contributed by atoms with Gasteiger partial charge in [-0.05, 0) is 48.2 Å². The van der Waals surface area contributed by atoms with Crippen LogP contribution in [0.25, 0.3) is 27.5 Å². The highest BCUT2D eigenvalue weighted by atomic mass is 15.5. The predicted octanol–water partition coefficient (Wildman–Crippen LogP) is 6.98. The van der Waals surface area contributed by atoms with Crippen molar-refractivity contribution >= 4 is 44.6 Å². The fourth-order valence-electron chi connectivity index (χ4n) is 5.34. The lowest BCUT2D eigenvalue weighted by atomic mass is 9.79. The van der Waals surface area contributed by atoms with E-state index in [1.165, 1.54) is 16.8 Å². The van der Waals surface area contributed by atoms with Crippen LogP contribution in [0.3, 0.4) is 0 Å². The van der Waals surface area contributed by atoms with Crippen molar-refractivity contribution < 1.29 is 0 Å². The molecule has 2 unspecified atom stereocenters. The fourth-order valence-corrected chi connectivity index (χ4v) is 5.34. The first kappa shape index (κ1) is 20.0. The van der Waals surface area contributed by atoms with Crippen molar-refractivity contribution in [2.75, 3.05) is 10.2 Å². The molecule has 5 aromatic rings. The van der Waals surface area contributed by atoms with Gasteiger partial charge < -0.3 is 10.2 Å². The summed E-state index contributed by atoms with van der Waals surface area (Å²) in [4.78, 5) is 4.20. The number of benzene rings is 4. The first-order valence-corrected chi connectivity index (χ1v) is 12.0. The van der Waals surface area contributed by atoms with Crippen LogP contribution in [0.4, 0.5) is 17.1 Å². The smallest absolute Gasteiger partial charge is 0.121 e. The summed E-state index contributed by atoms with van der Waals surface area (Å²) in [6.07, 6.45) is 7.69. The fraction of sp³-hybridized carbons (Fsp3) is 0.133. The second kappa shape index (κ2) is 7.57. The molecule has 2 aliphatic rings. The van der Waals surface area contributed by atoms with E-state index < -0.39 is 0 Å². The molecule has 0 saturated heterocycles. The van der Waals surface area contributed by atoms with E-state index >= 15 is 0 Å². The van der Waals surface area contributed by atoms with Crippen LogP contribution < -0.4 is 10.2 Å². The largest absolute Gasteiger partial charge is 0.362 e. The van der Waals surface area contributed by atoms with Crippen molar-refractivity contribution in [1.29, 1.82) is 0 Å². The maximum absolute atomic E-state index is 4.86. The first-order valence-electron chi connectivity index (χ1n) is 12.0. The van der Waals surface area contributed by atoms with Crippen LogP contribution in [-0.4, -0.2) is 21.2 Å². The number of fused-ring (bicyclic) bond motifs is 4. The molecule has 2 atom stereocenters. The predicted molar refractivity (Wildman–Crippen MR) is 144 cm³/mol. The zero-order chi connectivity index (χ0) is 23.4. The van der Waals surface area contributed by atoms with Crippen LogP contribution in [0.15, 0.2) is 109 Å². The Labute approximate surface area is 204 Å². The summed E-state index contributed by atoms with van der Waals surface area (Å²) in [5.74, 6) is 0. The van der Waals surface area contributed by atoms with E-state index in [-0.39, 0.29) is 11.6 Å². The van der Waals surface area contributed by atoms with Crippen LogP contribution in [-0.2, 0) is 0 Å². The van der Waals surface area contributed by atoms with E-state index in [4.69, 9.17) is 10.2 Å². The minimum absolute atomic E-state index is 0.0879. The molecule has 4 aromatic carbocycles. The van der Waals surface area contributed by atoms with Crippen molar-refractivity contribution in [2.45, 2.75) is 19.5 Å². The summed E-state index contributed by atoms with van der Waals surface area (Å²) in [6.45, 7) is 2.32. The van der Waals surface area contributed by atoms with Gasteiger partial charge in [0.25, 0.3) is 0 Å². The second-order valence-electron chi connectivity index (χ2n) is 9.59. The number of para-hydroxylation sites is 3. The van der Waals surface area contributed by atoms with Crippen LogP contribution in [0, 0.1) is 5.41 Å². The standard InChI is InChI=1S/C30H25N5/c1-30(29-31-25-13-7-8-14-27(25)34(29)22-10-3-2-4-11-22)19-17-23(18-20-30)35-32-26-16-15-21-9-5-6-12-24(21)28(26)33-35/h2-19,29,31H,20H2,1H3. The van der Waals surface area contributed by atoms with Crippen molar-refractivity contribution in [1.82, 2.24) is 15.0 Å². The first-order chi connectivity index (χ1) is 17.2. The van der Waals surface area contributed by atoms with E-state index in [1.807, 2.05) is 0 Å². The van der Waals surface area contributed by atoms with Crippen LogP contribution in [0.5, 0.6) is 0 Å². The Morgan fingerprint density at radius 2 is 1.66 bits per heavy atom. The average Bonchev–Trinajstić information content (AvgIpc) is 3.52. The molecule has 0 amide bonds. The third-order valence-corrected chi connectivity index (χ3v) is 7.27. The van der Waals surface area contributed by atoms with E-state index in [1.54, 1.807) is 4.80 Å². The Bertz CT molecular complexity index is 1630. The van der Waals surface area contributed by atoms with Crippen molar-refractivity contribution in [3.05, 3.63) is 109 Å². The number of anilines is 3. The van der Waals surface area contributed by atoms with Gasteiger partial charge in [-0.15, -0.1) is 10.2 Å². The number of nitrogens with one attached hydrogen (secondary N) is 1. The lowest BCUT2D eigenvalue weighted by Gasteiger charge is -2.40. The Morgan fingerprint density at radius 3 is 2.51 bits per heavy atom. The topological polar surface area (TPSA) is 46.0 Å². The molecule has 1 aliphatic heterocycles. The lowest BCUT2D eigenvalue weighted by molar-refractivity contribution is 0.366. The highest BCUT2D eigenvalue weighted by molar-refractivity contribution is 6.03. The molecule has 0 saturated carbocycles.